The average molecular weight is 445 g/mol. The molecule has 0 saturated heterocycles. The van der Waals surface area contributed by atoms with Crippen LogP contribution in [0, 0.1) is 0 Å². The molecule has 3 N–H and O–H groups in total. The van der Waals surface area contributed by atoms with Crippen LogP contribution in [0.3, 0.4) is 0 Å². The summed E-state index contributed by atoms with van der Waals surface area (Å²) in [6.45, 7) is 9.09. The van der Waals surface area contributed by atoms with Crippen LogP contribution < -0.4 is 0 Å². The first-order chi connectivity index (χ1) is 14.5. The zero-order chi connectivity index (χ0) is 24.1. The van der Waals surface area contributed by atoms with Crippen LogP contribution in [-0.2, 0) is 9.59 Å². The van der Waals surface area contributed by atoms with Gasteiger partial charge in [0.05, 0.1) is 7.05 Å². The van der Waals surface area contributed by atoms with Crippen LogP contribution in [0.25, 0.3) is 0 Å². The maximum atomic E-state index is 12.5. The number of carbonyl (C=O) groups is 2. The molecule has 0 amide bonds. The summed E-state index contributed by atoms with van der Waals surface area (Å²) in [6.07, 6.45) is 11.8. The molecule has 0 rings (SSSR count). The van der Waals surface area contributed by atoms with Crippen LogP contribution >= 0.6 is 0 Å². The van der Waals surface area contributed by atoms with Crippen molar-refractivity contribution in [2.24, 2.45) is 0 Å². The summed E-state index contributed by atoms with van der Waals surface area (Å²) in [4.78, 5) is 25.1. The molecule has 31 heavy (non-hydrogen) atoms. The second-order valence-electron chi connectivity index (χ2n) is 9.90. The van der Waals surface area contributed by atoms with Gasteiger partial charge >= 0.3 is 11.9 Å². The van der Waals surface area contributed by atoms with E-state index in [0.717, 1.165) is 51.4 Å². The lowest BCUT2D eigenvalue weighted by molar-refractivity contribution is -1.02. The Kier molecular flexibility index (Phi) is 13.6. The monoisotopic (exact) mass is 444 g/mol. The molecule has 6 nitrogen and oxygen atoms in total. The van der Waals surface area contributed by atoms with Gasteiger partial charge in [0, 0.05) is 33.6 Å². The summed E-state index contributed by atoms with van der Waals surface area (Å²) in [5.74, 6) is -2.08. The molecule has 0 spiro atoms. The van der Waals surface area contributed by atoms with E-state index in [9.17, 15) is 24.9 Å². The Labute approximate surface area is 190 Å². The lowest BCUT2D eigenvalue weighted by Crippen LogP contribution is -2.78. The van der Waals surface area contributed by atoms with Gasteiger partial charge < -0.3 is 15.3 Å². The Morgan fingerprint density at radius 1 is 0.710 bits per heavy atom. The van der Waals surface area contributed by atoms with Gasteiger partial charge in [-0.3, -0.25) is 4.48 Å². The lowest BCUT2D eigenvalue weighted by Gasteiger charge is -2.56. The number of quaternary nitrogens is 1. The van der Waals surface area contributed by atoms with Gasteiger partial charge in [-0.25, -0.2) is 9.59 Å². The van der Waals surface area contributed by atoms with Crippen molar-refractivity contribution in [2.45, 2.75) is 142 Å². The quantitative estimate of drug-likeness (QED) is 0.130. The standard InChI is InChI=1S/C25H49NO5/c1-7-9-11-13-15-17-19-24(4,22(28)29)26(6,21(3)27)25(5,23(30)31)20-18-16-14-12-10-8-2/h21,27H,7-20H2,1-6H3,(H-,28,29,30,31)/p+1. The highest BCUT2D eigenvalue weighted by Crippen LogP contribution is 2.42. The molecule has 0 bridgehead atoms. The van der Waals surface area contributed by atoms with Gasteiger partial charge in [0.15, 0.2) is 17.3 Å². The number of unbranched alkanes of at least 4 members (excludes halogenated alkanes) is 10. The Hall–Kier alpha value is -1.14. The van der Waals surface area contributed by atoms with E-state index in [1.54, 1.807) is 20.9 Å². The summed E-state index contributed by atoms with van der Waals surface area (Å²) in [5, 5.41) is 31.3. The zero-order valence-electron chi connectivity index (χ0n) is 21.1. The smallest absolute Gasteiger partial charge is 0.365 e. The van der Waals surface area contributed by atoms with Crippen molar-refractivity contribution in [1.82, 2.24) is 0 Å². The minimum atomic E-state index is -1.39. The van der Waals surface area contributed by atoms with Crippen LogP contribution in [-0.4, -0.2) is 56.1 Å². The van der Waals surface area contributed by atoms with Gasteiger partial charge in [-0.05, 0) is 12.8 Å². The van der Waals surface area contributed by atoms with Gasteiger partial charge in [0.1, 0.15) is 0 Å². The van der Waals surface area contributed by atoms with E-state index >= 15 is 0 Å². The van der Waals surface area contributed by atoms with Crippen LogP contribution in [0.5, 0.6) is 0 Å². The Balaban J connectivity index is 5.65. The average Bonchev–Trinajstić information content (AvgIpc) is 2.71. The number of hydrogen-bond acceptors (Lipinski definition) is 3. The van der Waals surface area contributed by atoms with Gasteiger partial charge in [-0.1, -0.05) is 78.1 Å². The molecule has 0 aliphatic rings. The van der Waals surface area contributed by atoms with Crippen LogP contribution in [0.4, 0.5) is 0 Å². The molecule has 0 aromatic rings. The van der Waals surface area contributed by atoms with Crippen molar-refractivity contribution < 1.29 is 29.4 Å². The molecule has 0 aliphatic carbocycles. The van der Waals surface area contributed by atoms with Crippen molar-refractivity contribution in [2.75, 3.05) is 7.05 Å². The normalized spacial score (nSPS) is 18.5. The first kappa shape index (κ1) is 29.9. The number of aliphatic carboxylic acids is 2. The third-order valence-electron chi connectivity index (χ3n) is 7.75. The van der Waals surface area contributed by atoms with E-state index in [-0.39, 0.29) is 0 Å². The fourth-order valence-electron chi connectivity index (χ4n) is 4.94. The Morgan fingerprint density at radius 2 is 1.00 bits per heavy atom. The summed E-state index contributed by atoms with van der Waals surface area (Å²) in [5.41, 5.74) is -2.79. The minimum absolute atomic E-state index is 0.342. The molecule has 3 atom stereocenters. The van der Waals surface area contributed by atoms with Gasteiger partial charge in [-0.2, -0.15) is 0 Å². The number of carboxylic acid groups (broad SMARTS) is 2. The SMILES string of the molecule is CCCCCCCCC(C)(C(=O)O)[N+](C)(C(C)O)C(C)(CCCCCCCC)C(=O)O. The minimum Gasteiger partial charge on any atom is -0.477 e. The van der Waals surface area contributed by atoms with Crippen molar-refractivity contribution >= 4 is 11.9 Å². The van der Waals surface area contributed by atoms with Crippen molar-refractivity contribution in [3.8, 4) is 0 Å². The van der Waals surface area contributed by atoms with Crippen LogP contribution in [0.2, 0.25) is 0 Å². The van der Waals surface area contributed by atoms with Gasteiger partial charge in [-0.15, -0.1) is 0 Å². The zero-order valence-corrected chi connectivity index (χ0v) is 21.1. The Bertz CT molecular complexity index is 496. The Morgan fingerprint density at radius 3 is 1.26 bits per heavy atom. The topological polar surface area (TPSA) is 94.8 Å². The number of rotatable bonds is 19. The molecule has 0 aromatic heterocycles. The van der Waals surface area contributed by atoms with Gasteiger partial charge in [0.25, 0.3) is 0 Å². The molecular weight excluding hydrogens is 394 g/mol. The molecule has 0 aliphatic heterocycles. The number of nitrogens with zero attached hydrogens (tertiary/aromatic N) is 1. The van der Waals surface area contributed by atoms with Gasteiger partial charge in [0.2, 0.25) is 0 Å². The first-order valence-corrected chi connectivity index (χ1v) is 12.5. The highest BCUT2D eigenvalue weighted by Gasteiger charge is 2.64. The van der Waals surface area contributed by atoms with Crippen molar-refractivity contribution in [3.05, 3.63) is 0 Å². The third kappa shape index (κ3) is 7.45. The summed E-state index contributed by atoms with van der Waals surface area (Å²) >= 11 is 0. The fourth-order valence-corrected chi connectivity index (χ4v) is 4.94. The van der Waals surface area contributed by atoms with Crippen LogP contribution in [0.1, 0.15) is 125 Å². The highest BCUT2D eigenvalue weighted by atomic mass is 16.4. The van der Waals surface area contributed by atoms with Crippen LogP contribution in [0.15, 0.2) is 0 Å². The maximum absolute atomic E-state index is 12.5. The number of aliphatic hydroxyl groups is 1. The molecule has 0 heterocycles. The largest absolute Gasteiger partial charge is 0.477 e. The van der Waals surface area contributed by atoms with E-state index < -0.39 is 33.7 Å². The predicted molar refractivity (Wildman–Crippen MR) is 126 cm³/mol. The van der Waals surface area contributed by atoms with E-state index in [1.807, 2.05) is 0 Å². The second-order valence-corrected chi connectivity index (χ2v) is 9.90. The molecule has 0 saturated carbocycles. The molecule has 0 aromatic carbocycles. The number of carboxylic acids is 2. The molecule has 0 fully saturated rings. The van der Waals surface area contributed by atoms with E-state index in [2.05, 4.69) is 13.8 Å². The number of aliphatic hydroxyl groups excluding tert-OH is 1. The highest BCUT2D eigenvalue weighted by molar-refractivity contribution is 5.80. The molecule has 184 valence electrons. The summed E-state index contributed by atoms with van der Waals surface area (Å²) in [7, 11) is 1.63. The lowest BCUT2D eigenvalue weighted by atomic mass is 9.79. The molecular formula is C25H50NO5+. The van der Waals surface area contributed by atoms with Crippen molar-refractivity contribution in [3.63, 3.8) is 0 Å². The van der Waals surface area contributed by atoms with E-state index in [1.165, 1.54) is 19.8 Å². The first-order valence-electron chi connectivity index (χ1n) is 12.5. The van der Waals surface area contributed by atoms with Crippen molar-refractivity contribution in [1.29, 1.82) is 0 Å². The summed E-state index contributed by atoms with van der Waals surface area (Å²) < 4.78 is -0.422. The predicted octanol–water partition coefficient (Wildman–Crippen LogP) is 5.96. The maximum Gasteiger partial charge on any atom is 0.365 e. The fraction of sp³-hybridized carbons (Fsp3) is 0.920. The second kappa shape index (κ2) is 14.1. The number of likely N-dealkylation sites (N-methyl/N-ethyl adjacent to an activating group) is 1. The summed E-state index contributed by atoms with van der Waals surface area (Å²) in [6, 6.07) is 0. The van der Waals surface area contributed by atoms with E-state index in [4.69, 9.17) is 0 Å². The van der Waals surface area contributed by atoms with E-state index in [0.29, 0.717) is 25.7 Å². The molecule has 0 radical (unpaired) electrons. The third-order valence-corrected chi connectivity index (χ3v) is 7.75. The molecule has 3 unspecified atom stereocenters. The molecule has 6 heteroatoms. The number of hydrogen-bond donors (Lipinski definition) is 3.